The maximum Gasteiger partial charge on any atom is 0.254 e. The van der Waals surface area contributed by atoms with Crippen LogP contribution in [0.4, 0.5) is 0 Å². The second-order valence-corrected chi connectivity index (χ2v) is 6.75. The normalized spacial score (nSPS) is 23.3. The van der Waals surface area contributed by atoms with E-state index in [9.17, 15) is 9.90 Å². The van der Waals surface area contributed by atoms with Crippen molar-refractivity contribution in [3.05, 3.63) is 29.8 Å². The van der Waals surface area contributed by atoms with Crippen LogP contribution in [0.15, 0.2) is 24.3 Å². The van der Waals surface area contributed by atoms with Gasteiger partial charge in [-0.05, 0) is 49.2 Å². The molecule has 1 aliphatic rings. The van der Waals surface area contributed by atoms with Crippen LogP contribution in [0.25, 0.3) is 0 Å². The molecular formula is C20H32N2O3. The van der Waals surface area contributed by atoms with Crippen LogP contribution < -0.4 is 4.74 Å². The number of amides is 1. The van der Waals surface area contributed by atoms with Gasteiger partial charge in [0, 0.05) is 18.7 Å². The fourth-order valence-corrected chi connectivity index (χ4v) is 3.92. The van der Waals surface area contributed by atoms with Crippen LogP contribution in [-0.4, -0.2) is 66.8 Å². The zero-order chi connectivity index (χ0) is 18.4. The Morgan fingerprint density at radius 1 is 1.24 bits per heavy atom. The molecule has 140 valence electrons. The molecule has 1 fully saturated rings. The minimum absolute atomic E-state index is 0.00204. The smallest absolute Gasteiger partial charge is 0.254 e. The first kappa shape index (κ1) is 19.7. The van der Waals surface area contributed by atoms with Crippen molar-refractivity contribution in [2.45, 2.75) is 33.2 Å². The zero-order valence-electron chi connectivity index (χ0n) is 15.9. The quantitative estimate of drug-likeness (QED) is 0.784. The summed E-state index contributed by atoms with van der Waals surface area (Å²) in [7, 11) is 1.61. The van der Waals surface area contributed by atoms with Crippen LogP contribution >= 0.6 is 0 Å². The highest BCUT2D eigenvalue weighted by atomic mass is 16.5. The summed E-state index contributed by atoms with van der Waals surface area (Å²) in [4.78, 5) is 17.3. The maximum absolute atomic E-state index is 13.0. The molecule has 1 heterocycles. The van der Waals surface area contributed by atoms with Gasteiger partial charge in [-0.2, -0.15) is 0 Å². The molecule has 3 atom stereocenters. The van der Waals surface area contributed by atoms with Crippen molar-refractivity contribution < 1.29 is 14.6 Å². The first-order valence-corrected chi connectivity index (χ1v) is 9.37. The largest absolute Gasteiger partial charge is 0.497 e. The average Bonchev–Trinajstić information content (AvgIpc) is 3.02. The molecule has 0 aromatic heterocycles. The molecule has 5 nitrogen and oxygen atoms in total. The number of carbonyl (C=O) groups is 1. The van der Waals surface area contributed by atoms with Crippen LogP contribution in [0.5, 0.6) is 5.75 Å². The summed E-state index contributed by atoms with van der Waals surface area (Å²) in [6, 6.07) is 7.10. The second-order valence-electron chi connectivity index (χ2n) is 6.75. The summed E-state index contributed by atoms with van der Waals surface area (Å²) in [5.74, 6) is 1.49. The van der Waals surface area contributed by atoms with Crippen molar-refractivity contribution in [2.75, 3.05) is 39.9 Å². The lowest BCUT2D eigenvalue weighted by Gasteiger charge is -2.31. The minimum Gasteiger partial charge on any atom is -0.497 e. The topological polar surface area (TPSA) is 53.0 Å². The molecule has 5 heteroatoms. The number of methoxy groups -OCH3 is 1. The van der Waals surface area contributed by atoms with Gasteiger partial charge in [-0.1, -0.05) is 27.2 Å². The van der Waals surface area contributed by atoms with E-state index in [1.807, 2.05) is 17.0 Å². The molecule has 0 aliphatic carbocycles. The predicted octanol–water partition coefficient (Wildman–Crippen LogP) is 2.50. The Labute approximate surface area is 151 Å². The molecule has 0 unspecified atom stereocenters. The number of likely N-dealkylation sites (tertiary alicyclic amines) is 1. The Morgan fingerprint density at radius 2 is 1.88 bits per heavy atom. The number of benzene rings is 1. The molecule has 1 aromatic carbocycles. The molecule has 2 rings (SSSR count). The number of rotatable bonds is 8. The van der Waals surface area contributed by atoms with E-state index in [1.165, 1.54) is 0 Å². The molecule has 1 saturated heterocycles. The summed E-state index contributed by atoms with van der Waals surface area (Å²) >= 11 is 0. The van der Waals surface area contributed by atoms with Crippen molar-refractivity contribution >= 4 is 5.91 Å². The van der Waals surface area contributed by atoms with Crippen molar-refractivity contribution in [2.24, 2.45) is 11.8 Å². The molecule has 0 saturated carbocycles. The fraction of sp³-hybridized carbons (Fsp3) is 0.650. The Kier molecular flexibility index (Phi) is 7.26. The third-order valence-corrected chi connectivity index (χ3v) is 5.60. The Bertz CT molecular complexity index is 542. The summed E-state index contributed by atoms with van der Waals surface area (Å²) < 4.78 is 5.17. The van der Waals surface area contributed by atoms with Gasteiger partial charge in [-0.3, -0.25) is 4.79 Å². The summed E-state index contributed by atoms with van der Waals surface area (Å²) in [6.45, 7) is 10.2. The lowest BCUT2D eigenvalue weighted by molar-refractivity contribution is 0.0619. The van der Waals surface area contributed by atoms with Crippen LogP contribution in [-0.2, 0) is 0 Å². The first-order chi connectivity index (χ1) is 12.1. The van der Waals surface area contributed by atoms with Gasteiger partial charge in [-0.25, -0.2) is 0 Å². The fourth-order valence-electron chi connectivity index (χ4n) is 3.92. The van der Waals surface area contributed by atoms with Crippen molar-refractivity contribution in [3.63, 3.8) is 0 Å². The van der Waals surface area contributed by atoms with Crippen LogP contribution in [0.3, 0.4) is 0 Å². The van der Waals surface area contributed by atoms with Gasteiger partial charge in [0.25, 0.3) is 5.91 Å². The molecule has 25 heavy (non-hydrogen) atoms. The SMILES string of the molecule is CC[C@@H]1CN(C(=O)c2ccc(OC)cc2)[C@H](CO)[C@@H]1CN(CC)CC. The Balaban J connectivity index is 2.20. The number of hydrogen-bond acceptors (Lipinski definition) is 4. The van der Waals surface area contributed by atoms with Crippen LogP contribution in [0.2, 0.25) is 0 Å². The van der Waals surface area contributed by atoms with E-state index < -0.39 is 0 Å². The Hall–Kier alpha value is -1.59. The minimum atomic E-state index is -0.111. The standard InChI is InChI=1S/C20H32N2O3/c1-5-15-12-22(19(14-23)18(15)13-21(6-2)7-3)20(24)16-8-10-17(25-4)11-9-16/h8-11,15,18-19,23H,5-7,12-14H2,1-4H3/t15-,18-,19-/m1/s1. The van der Waals surface area contributed by atoms with E-state index in [-0.39, 0.29) is 18.6 Å². The summed E-state index contributed by atoms with van der Waals surface area (Å²) in [5, 5.41) is 10.0. The number of carbonyl (C=O) groups excluding carboxylic acids is 1. The molecule has 1 amide bonds. The highest BCUT2D eigenvalue weighted by Gasteiger charge is 2.43. The van der Waals surface area contributed by atoms with E-state index in [1.54, 1.807) is 19.2 Å². The average molecular weight is 348 g/mol. The monoisotopic (exact) mass is 348 g/mol. The predicted molar refractivity (Wildman–Crippen MR) is 100.0 cm³/mol. The molecule has 0 spiro atoms. The van der Waals surface area contributed by atoms with Crippen molar-refractivity contribution in [3.8, 4) is 5.75 Å². The van der Waals surface area contributed by atoms with Crippen molar-refractivity contribution in [1.82, 2.24) is 9.80 Å². The van der Waals surface area contributed by atoms with Gasteiger partial charge in [-0.15, -0.1) is 0 Å². The number of aliphatic hydroxyl groups is 1. The molecule has 1 aliphatic heterocycles. The van der Waals surface area contributed by atoms with Crippen molar-refractivity contribution in [1.29, 1.82) is 0 Å². The van der Waals surface area contributed by atoms with Gasteiger partial charge >= 0.3 is 0 Å². The van der Waals surface area contributed by atoms with E-state index in [0.29, 0.717) is 17.4 Å². The van der Waals surface area contributed by atoms with E-state index in [0.717, 1.165) is 38.3 Å². The molecule has 0 bridgehead atoms. The number of hydrogen-bond donors (Lipinski definition) is 1. The molecular weight excluding hydrogens is 316 g/mol. The zero-order valence-corrected chi connectivity index (χ0v) is 15.9. The molecule has 1 aromatic rings. The van der Waals surface area contributed by atoms with Gasteiger partial charge < -0.3 is 19.6 Å². The van der Waals surface area contributed by atoms with Gasteiger partial charge in [0.2, 0.25) is 0 Å². The van der Waals surface area contributed by atoms with Gasteiger partial charge in [0.05, 0.1) is 19.8 Å². The summed E-state index contributed by atoms with van der Waals surface area (Å²) in [5.41, 5.74) is 0.651. The lowest BCUT2D eigenvalue weighted by atomic mass is 9.88. The third-order valence-electron chi connectivity index (χ3n) is 5.60. The third kappa shape index (κ3) is 4.33. The van der Waals surface area contributed by atoms with E-state index in [4.69, 9.17) is 4.74 Å². The van der Waals surface area contributed by atoms with E-state index >= 15 is 0 Å². The highest BCUT2D eigenvalue weighted by Crippen LogP contribution is 2.34. The number of aliphatic hydroxyl groups excluding tert-OH is 1. The van der Waals surface area contributed by atoms with Crippen LogP contribution in [0, 0.1) is 11.8 Å². The second kappa shape index (κ2) is 9.20. The number of ether oxygens (including phenoxy) is 1. The summed E-state index contributed by atoms with van der Waals surface area (Å²) in [6.07, 6.45) is 1.02. The number of nitrogens with zero attached hydrogens (tertiary/aromatic N) is 2. The molecule has 0 radical (unpaired) electrons. The first-order valence-electron chi connectivity index (χ1n) is 9.37. The Morgan fingerprint density at radius 3 is 2.36 bits per heavy atom. The lowest BCUT2D eigenvalue weighted by Crippen LogP contribution is -2.43. The van der Waals surface area contributed by atoms with Gasteiger partial charge in [0.15, 0.2) is 0 Å². The van der Waals surface area contributed by atoms with E-state index in [2.05, 4.69) is 25.7 Å². The van der Waals surface area contributed by atoms with Gasteiger partial charge in [0.1, 0.15) is 5.75 Å². The maximum atomic E-state index is 13.0. The molecule has 1 N–H and O–H groups in total. The highest BCUT2D eigenvalue weighted by molar-refractivity contribution is 5.94. The van der Waals surface area contributed by atoms with Crippen LogP contribution in [0.1, 0.15) is 37.6 Å².